The number of aromatic nitrogens is 1. The Balaban J connectivity index is 2.49. The molecule has 1 heterocycles. The summed E-state index contributed by atoms with van der Waals surface area (Å²) >= 11 is 0. The van der Waals surface area contributed by atoms with Crippen molar-refractivity contribution >= 4 is 11.7 Å². The van der Waals surface area contributed by atoms with Crippen molar-refractivity contribution in [1.82, 2.24) is 4.98 Å². The number of hydrogen-bond donors (Lipinski definition) is 2. The van der Waals surface area contributed by atoms with Crippen LogP contribution in [0.4, 0.5) is 5.82 Å². The molecule has 4 nitrogen and oxygen atoms in total. The number of hydrogen-bond acceptors (Lipinski definition) is 3. The summed E-state index contributed by atoms with van der Waals surface area (Å²) in [6.45, 7) is 2.38. The Morgan fingerprint density at radius 1 is 1.64 bits per heavy atom. The van der Waals surface area contributed by atoms with Crippen LogP contribution in [0.5, 0.6) is 0 Å². The molecular weight excluding hydrogens is 178 g/mol. The van der Waals surface area contributed by atoms with Crippen molar-refractivity contribution in [1.29, 1.82) is 0 Å². The van der Waals surface area contributed by atoms with E-state index in [0.29, 0.717) is 18.8 Å². The molecule has 1 rings (SSSR count). The first-order valence-corrected chi connectivity index (χ1v) is 4.66. The molecule has 0 aliphatic heterocycles. The van der Waals surface area contributed by atoms with E-state index in [2.05, 4.69) is 10.3 Å². The summed E-state index contributed by atoms with van der Waals surface area (Å²) in [6.07, 6.45) is 2.34. The monoisotopic (exact) mass is 193 g/mol. The number of anilines is 1. The molecule has 0 saturated carbocycles. The van der Waals surface area contributed by atoms with E-state index in [0.717, 1.165) is 0 Å². The summed E-state index contributed by atoms with van der Waals surface area (Å²) in [6, 6.07) is 5.39. The molecule has 4 heteroatoms. The topological polar surface area (TPSA) is 68.0 Å². The molecule has 0 fully saturated rings. The molecule has 3 N–H and O–H groups in total. The Hall–Kier alpha value is -1.42. The number of nitrogens with one attached hydrogen (secondary N) is 1. The molecule has 0 radical (unpaired) electrons. The molecule has 0 bridgehead atoms. The van der Waals surface area contributed by atoms with E-state index in [4.69, 9.17) is 5.73 Å². The molecule has 1 atom stereocenters. The van der Waals surface area contributed by atoms with Gasteiger partial charge in [-0.15, -0.1) is 0 Å². The fraction of sp³-hybridized carbons (Fsp3) is 0.400. The number of nitrogens with zero attached hydrogens (tertiary/aromatic N) is 1. The van der Waals surface area contributed by atoms with Gasteiger partial charge in [0.2, 0.25) is 5.91 Å². The van der Waals surface area contributed by atoms with Crippen molar-refractivity contribution in [2.75, 3.05) is 11.9 Å². The SMILES string of the molecule is CC(CCN)C(=O)Nc1ccccn1. The number of amides is 1. The number of rotatable bonds is 4. The average molecular weight is 193 g/mol. The largest absolute Gasteiger partial charge is 0.330 e. The van der Waals surface area contributed by atoms with Crippen molar-refractivity contribution in [2.24, 2.45) is 11.7 Å². The van der Waals surface area contributed by atoms with E-state index >= 15 is 0 Å². The first-order valence-electron chi connectivity index (χ1n) is 4.66. The third kappa shape index (κ3) is 3.14. The smallest absolute Gasteiger partial charge is 0.228 e. The van der Waals surface area contributed by atoms with Gasteiger partial charge in [0.05, 0.1) is 0 Å². The van der Waals surface area contributed by atoms with Crippen LogP contribution in [0.2, 0.25) is 0 Å². The minimum Gasteiger partial charge on any atom is -0.330 e. The van der Waals surface area contributed by atoms with Gasteiger partial charge in [0, 0.05) is 12.1 Å². The fourth-order valence-electron chi connectivity index (χ4n) is 1.07. The van der Waals surface area contributed by atoms with Gasteiger partial charge in [-0.05, 0) is 25.1 Å². The van der Waals surface area contributed by atoms with Crippen molar-refractivity contribution in [3.05, 3.63) is 24.4 Å². The highest BCUT2D eigenvalue weighted by Gasteiger charge is 2.11. The van der Waals surface area contributed by atoms with Crippen LogP contribution in [0.1, 0.15) is 13.3 Å². The van der Waals surface area contributed by atoms with Gasteiger partial charge in [0.15, 0.2) is 0 Å². The summed E-state index contributed by atoms with van der Waals surface area (Å²) in [5.41, 5.74) is 5.36. The van der Waals surface area contributed by atoms with E-state index in [1.807, 2.05) is 13.0 Å². The normalized spacial score (nSPS) is 12.1. The van der Waals surface area contributed by atoms with Gasteiger partial charge in [-0.1, -0.05) is 13.0 Å². The third-order valence-electron chi connectivity index (χ3n) is 1.96. The first-order chi connectivity index (χ1) is 6.74. The minimum atomic E-state index is -0.0676. The van der Waals surface area contributed by atoms with Crippen molar-refractivity contribution in [3.63, 3.8) is 0 Å². The molecule has 76 valence electrons. The zero-order valence-corrected chi connectivity index (χ0v) is 8.23. The van der Waals surface area contributed by atoms with Crippen LogP contribution in [0.15, 0.2) is 24.4 Å². The maximum atomic E-state index is 11.5. The molecule has 1 unspecified atom stereocenters. The summed E-state index contributed by atoms with van der Waals surface area (Å²) in [5, 5.41) is 2.72. The van der Waals surface area contributed by atoms with E-state index in [1.165, 1.54) is 0 Å². The molecule has 0 aliphatic carbocycles. The van der Waals surface area contributed by atoms with E-state index in [9.17, 15) is 4.79 Å². The molecule has 0 saturated heterocycles. The Morgan fingerprint density at radius 2 is 2.43 bits per heavy atom. The molecule has 1 aromatic rings. The predicted molar refractivity (Wildman–Crippen MR) is 55.7 cm³/mol. The summed E-state index contributed by atoms with van der Waals surface area (Å²) in [5.74, 6) is 0.484. The highest BCUT2D eigenvalue weighted by molar-refractivity contribution is 5.91. The van der Waals surface area contributed by atoms with Crippen LogP contribution >= 0.6 is 0 Å². The molecular formula is C10H15N3O. The zero-order chi connectivity index (χ0) is 10.4. The first kappa shape index (κ1) is 10.7. The van der Waals surface area contributed by atoms with E-state index in [1.54, 1.807) is 18.3 Å². The van der Waals surface area contributed by atoms with Gasteiger partial charge in [0.1, 0.15) is 5.82 Å². The second-order valence-electron chi connectivity index (χ2n) is 3.18. The highest BCUT2D eigenvalue weighted by Crippen LogP contribution is 2.06. The van der Waals surface area contributed by atoms with Crippen molar-refractivity contribution < 1.29 is 4.79 Å². The molecule has 14 heavy (non-hydrogen) atoms. The lowest BCUT2D eigenvalue weighted by molar-refractivity contribution is -0.119. The number of pyridine rings is 1. The fourth-order valence-corrected chi connectivity index (χ4v) is 1.07. The molecule has 1 aromatic heterocycles. The quantitative estimate of drug-likeness (QED) is 0.749. The van der Waals surface area contributed by atoms with Crippen LogP contribution < -0.4 is 11.1 Å². The Labute approximate surface area is 83.5 Å². The molecule has 0 aromatic carbocycles. The lowest BCUT2D eigenvalue weighted by Crippen LogP contribution is -2.23. The minimum absolute atomic E-state index is 0.0332. The predicted octanol–water partition coefficient (Wildman–Crippen LogP) is 1.00. The zero-order valence-electron chi connectivity index (χ0n) is 8.23. The number of carbonyl (C=O) groups is 1. The van der Waals surface area contributed by atoms with E-state index in [-0.39, 0.29) is 11.8 Å². The number of nitrogens with two attached hydrogens (primary N) is 1. The Bertz CT molecular complexity index is 287. The summed E-state index contributed by atoms with van der Waals surface area (Å²) < 4.78 is 0. The maximum absolute atomic E-state index is 11.5. The summed E-state index contributed by atoms with van der Waals surface area (Å²) in [7, 11) is 0. The Kier molecular flexibility index (Phi) is 4.07. The van der Waals surface area contributed by atoms with Gasteiger partial charge in [-0.2, -0.15) is 0 Å². The highest BCUT2D eigenvalue weighted by atomic mass is 16.1. The van der Waals surface area contributed by atoms with Crippen LogP contribution in [0, 0.1) is 5.92 Å². The maximum Gasteiger partial charge on any atom is 0.228 e. The van der Waals surface area contributed by atoms with Crippen LogP contribution in [-0.2, 0) is 4.79 Å². The van der Waals surface area contributed by atoms with Gasteiger partial charge in [0.25, 0.3) is 0 Å². The summed E-state index contributed by atoms with van der Waals surface area (Å²) in [4.78, 5) is 15.5. The van der Waals surface area contributed by atoms with Crippen molar-refractivity contribution in [3.8, 4) is 0 Å². The van der Waals surface area contributed by atoms with Gasteiger partial charge in [-0.25, -0.2) is 4.98 Å². The van der Waals surface area contributed by atoms with Gasteiger partial charge < -0.3 is 11.1 Å². The van der Waals surface area contributed by atoms with Crippen LogP contribution in [0.3, 0.4) is 0 Å². The van der Waals surface area contributed by atoms with E-state index < -0.39 is 0 Å². The molecule has 0 spiro atoms. The lowest BCUT2D eigenvalue weighted by atomic mass is 10.1. The number of carbonyl (C=O) groups excluding carboxylic acids is 1. The third-order valence-corrected chi connectivity index (χ3v) is 1.96. The van der Waals surface area contributed by atoms with Crippen molar-refractivity contribution in [2.45, 2.75) is 13.3 Å². The molecule has 0 aliphatic rings. The molecule has 1 amide bonds. The Morgan fingerprint density at radius 3 is 3.00 bits per heavy atom. The second-order valence-corrected chi connectivity index (χ2v) is 3.18. The standard InChI is InChI=1S/C10H15N3O/c1-8(5-6-11)10(14)13-9-4-2-3-7-12-9/h2-4,7-8H,5-6,11H2,1H3,(H,12,13,14). The second kappa shape index (κ2) is 5.34. The van der Waals surface area contributed by atoms with Gasteiger partial charge in [-0.3, -0.25) is 4.79 Å². The lowest BCUT2D eigenvalue weighted by Gasteiger charge is -2.09. The van der Waals surface area contributed by atoms with Gasteiger partial charge >= 0.3 is 0 Å². The van der Waals surface area contributed by atoms with Crippen LogP contribution in [0.25, 0.3) is 0 Å². The average Bonchev–Trinajstić information content (AvgIpc) is 2.19. The van der Waals surface area contributed by atoms with Crippen LogP contribution in [-0.4, -0.2) is 17.4 Å².